The van der Waals surface area contributed by atoms with Crippen LogP contribution in [0.15, 0.2) is 46.7 Å². The number of hydrogen-bond donors (Lipinski definition) is 4. The topological polar surface area (TPSA) is 108 Å². The van der Waals surface area contributed by atoms with Crippen LogP contribution in [0.4, 0.5) is 10.5 Å². The van der Waals surface area contributed by atoms with E-state index in [0.29, 0.717) is 37.9 Å². The van der Waals surface area contributed by atoms with E-state index in [9.17, 15) is 19.8 Å². The molecule has 1 aromatic carbocycles. The number of fused-ring (bicyclic) bond motifs is 1. The minimum absolute atomic E-state index is 0.00475. The van der Waals surface area contributed by atoms with Crippen LogP contribution in [-0.4, -0.2) is 47.3 Å². The largest absolute Gasteiger partial charge is 0.445 e. The maximum Gasteiger partial charge on any atom is 0.411 e. The zero-order valence-corrected chi connectivity index (χ0v) is 23.4. The molecule has 2 aromatic rings. The van der Waals surface area contributed by atoms with Gasteiger partial charge in [0.05, 0.1) is 19.3 Å². The number of thioether (sulfide) groups is 1. The molecular weight excluding hydrogens is 508 g/mol. The standard InChI is InChI=1S/C28H38N2O5S2/c1-27-12-11-24(35-26(34)30-18-6-4-7-19(14-18)36-3)28(2,17-31)23(27)10-9-22(32)21(27)15-25(33)29-16-20-8-5-13-37-20/h4-8,13-14,21-24,31-32H,9-12,15-17H2,1-3H3,(H,29,33)(H,30,34)/t21-,22-,23-,24-,27+,28+/m1/s1. The molecule has 2 saturated carbocycles. The van der Waals surface area contributed by atoms with E-state index in [4.69, 9.17) is 4.74 Å². The molecule has 4 rings (SSSR count). The quantitative estimate of drug-likeness (QED) is 0.336. The van der Waals surface area contributed by atoms with E-state index < -0.39 is 23.7 Å². The summed E-state index contributed by atoms with van der Waals surface area (Å²) in [5, 5.41) is 29.4. The first kappa shape index (κ1) is 28.0. The van der Waals surface area contributed by atoms with Gasteiger partial charge in [-0.2, -0.15) is 0 Å². The molecule has 6 atom stereocenters. The molecule has 0 radical (unpaired) electrons. The second kappa shape index (κ2) is 11.8. The Bertz CT molecular complexity index is 1080. The lowest BCUT2D eigenvalue weighted by Gasteiger charge is -2.60. The van der Waals surface area contributed by atoms with Crippen molar-refractivity contribution in [2.24, 2.45) is 22.7 Å². The van der Waals surface area contributed by atoms with Gasteiger partial charge in [-0.15, -0.1) is 23.1 Å². The van der Waals surface area contributed by atoms with Crippen LogP contribution in [-0.2, 0) is 16.1 Å². The smallest absolute Gasteiger partial charge is 0.411 e. The van der Waals surface area contributed by atoms with Crippen LogP contribution >= 0.6 is 23.1 Å². The summed E-state index contributed by atoms with van der Waals surface area (Å²) in [7, 11) is 0. The fourth-order valence-electron chi connectivity index (χ4n) is 6.63. The molecule has 37 heavy (non-hydrogen) atoms. The van der Waals surface area contributed by atoms with E-state index in [-0.39, 0.29) is 36.2 Å². The van der Waals surface area contributed by atoms with E-state index in [1.165, 1.54) is 0 Å². The van der Waals surface area contributed by atoms with Gasteiger partial charge in [-0.1, -0.05) is 26.0 Å². The summed E-state index contributed by atoms with van der Waals surface area (Å²) in [5.74, 6) is -0.311. The molecule has 0 aliphatic heterocycles. The number of hydrogen-bond acceptors (Lipinski definition) is 7. The van der Waals surface area contributed by atoms with Gasteiger partial charge >= 0.3 is 6.09 Å². The van der Waals surface area contributed by atoms with E-state index >= 15 is 0 Å². The van der Waals surface area contributed by atoms with Crippen molar-refractivity contribution in [3.05, 3.63) is 46.7 Å². The van der Waals surface area contributed by atoms with Crippen molar-refractivity contribution >= 4 is 40.8 Å². The van der Waals surface area contributed by atoms with E-state index in [1.807, 2.05) is 55.0 Å². The highest BCUT2D eigenvalue weighted by Gasteiger charge is 2.60. The molecule has 202 valence electrons. The number of anilines is 1. The number of ether oxygens (including phenoxy) is 1. The van der Waals surface area contributed by atoms with E-state index in [1.54, 1.807) is 23.1 Å². The van der Waals surface area contributed by atoms with Crippen molar-refractivity contribution in [1.29, 1.82) is 0 Å². The lowest BCUT2D eigenvalue weighted by atomic mass is 9.46. The number of carbonyl (C=O) groups excluding carboxylic acids is 2. The Hall–Kier alpha value is -2.07. The van der Waals surface area contributed by atoms with Crippen molar-refractivity contribution in [3.63, 3.8) is 0 Å². The third-order valence-electron chi connectivity index (χ3n) is 8.69. The number of nitrogens with one attached hydrogen (secondary N) is 2. The number of thiophene rings is 1. The van der Waals surface area contributed by atoms with Crippen LogP contribution in [0.3, 0.4) is 0 Å². The summed E-state index contributed by atoms with van der Waals surface area (Å²) in [6, 6.07) is 11.5. The zero-order valence-electron chi connectivity index (χ0n) is 21.7. The van der Waals surface area contributed by atoms with Gasteiger partial charge in [-0.25, -0.2) is 4.79 Å². The van der Waals surface area contributed by atoms with Gasteiger partial charge in [0.25, 0.3) is 0 Å². The highest BCUT2D eigenvalue weighted by Crippen LogP contribution is 2.61. The highest BCUT2D eigenvalue weighted by molar-refractivity contribution is 7.98. The first-order valence-electron chi connectivity index (χ1n) is 12.9. The maximum absolute atomic E-state index is 12.9. The predicted molar refractivity (Wildman–Crippen MR) is 148 cm³/mol. The number of rotatable bonds is 8. The summed E-state index contributed by atoms with van der Waals surface area (Å²) in [6.45, 7) is 4.46. The maximum atomic E-state index is 12.9. The van der Waals surface area contributed by atoms with Crippen molar-refractivity contribution in [2.45, 2.75) is 69.6 Å². The molecule has 4 N–H and O–H groups in total. The molecule has 2 aliphatic carbocycles. The molecule has 2 aliphatic rings. The summed E-state index contributed by atoms with van der Waals surface area (Å²) in [5.41, 5.74) is -0.381. The van der Waals surface area contributed by atoms with Crippen molar-refractivity contribution < 1.29 is 24.5 Å². The molecule has 1 aromatic heterocycles. The number of carbonyl (C=O) groups is 2. The number of aliphatic hydroxyl groups is 2. The van der Waals surface area contributed by atoms with E-state index in [2.05, 4.69) is 17.6 Å². The Morgan fingerprint density at radius 1 is 1.19 bits per heavy atom. The fraction of sp³-hybridized carbons (Fsp3) is 0.571. The lowest BCUT2D eigenvalue weighted by Crippen LogP contribution is -2.61. The van der Waals surface area contributed by atoms with Crippen LogP contribution in [0.1, 0.15) is 50.8 Å². The van der Waals surface area contributed by atoms with Crippen LogP contribution in [0.25, 0.3) is 0 Å². The second-order valence-electron chi connectivity index (χ2n) is 10.8. The minimum Gasteiger partial charge on any atom is -0.445 e. The molecule has 0 spiro atoms. The lowest BCUT2D eigenvalue weighted by molar-refractivity contribution is -0.185. The van der Waals surface area contributed by atoms with Gasteiger partial charge in [-0.3, -0.25) is 10.1 Å². The highest BCUT2D eigenvalue weighted by atomic mass is 32.2. The van der Waals surface area contributed by atoms with Gasteiger partial charge in [0.1, 0.15) is 6.10 Å². The monoisotopic (exact) mass is 546 g/mol. The minimum atomic E-state index is -0.683. The number of amides is 2. The summed E-state index contributed by atoms with van der Waals surface area (Å²) in [6.07, 6.45) is 3.15. The van der Waals surface area contributed by atoms with Crippen molar-refractivity contribution in [1.82, 2.24) is 5.32 Å². The Balaban J connectivity index is 1.45. The van der Waals surface area contributed by atoms with Gasteiger partial charge in [0, 0.05) is 27.3 Å². The Morgan fingerprint density at radius 2 is 2.00 bits per heavy atom. The molecule has 0 unspecified atom stereocenters. The summed E-state index contributed by atoms with van der Waals surface area (Å²) >= 11 is 3.19. The molecule has 1 heterocycles. The molecule has 9 heteroatoms. The number of aliphatic hydroxyl groups excluding tert-OH is 2. The van der Waals surface area contributed by atoms with Crippen LogP contribution < -0.4 is 10.6 Å². The van der Waals surface area contributed by atoms with Crippen LogP contribution in [0, 0.1) is 22.7 Å². The van der Waals surface area contributed by atoms with Gasteiger partial charge in [0.2, 0.25) is 5.91 Å². The Morgan fingerprint density at radius 3 is 2.70 bits per heavy atom. The van der Waals surface area contributed by atoms with Crippen LogP contribution in [0.5, 0.6) is 0 Å². The van der Waals surface area contributed by atoms with Gasteiger partial charge in [-0.05, 0) is 78.8 Å². The normalized spacial score (nSPS) is 31.3. The van der Waals surface area contributed by atoms with Gasteiger partial charge < -0.3 is 20.3 Å². The van der Waals surface area contributed by atoms with Crippen molar-refractivity contribution in [3.8, 4) is 0 Å². The van der Waals surface area contributed by atoms with Crippen LogP contribution in [0.2, 0.25) is 0 Å². The third-order valence-corrected chi connectivity index (χ3v) is 10.3. The third kappa shape index (κ3) is 6.00. The predicted octanol–water partition coefficient (Wildman–Crippen LogP) is 5.28. The van der Waals surface area contributed by atoms with Gasteiger partial charge in [0.15, 0.2) is 0 Å². The SMILES string of the molecule is CSc1cccc(NC(=O)O[C@@H]2CC[C@]3(C)[C@@H](CC[C@@H](O)[C@H]3CC(=O)NCc3cccs3)[C@]2(C)CO)c1. The Labute approximate surface area is 227 Å². The second-order valence-corrected chi connectivity index (χ2v) is 12.7. The molecule has 0 bridgehead atoms. The molecule has 2 amide bonds. The van der Waals surface area contributed by atoms with E-state index in [0.717, 1.165) is 9.77 Å². The average Bonchev–Trinajstić information content (AvgIpc) is 3.41. The molecule has 0 saturated heterocycles. The average molecular weight is 547 g/mol. The summed E-state index contributed by atoms with van der Waals surface area (Å²) in [4.78, 5) is 27.9. The first-order chi connectivity index (χ1) is 17.7. The van der Waals surface area contributed by atoms with Crippen molar-refractivity contribution in [2.75, 3.05) is 18.2 Å². The summed E-state index contributed by atoms with van der Waals surface area (Å²) < 4.78 is 5.93. The zero-order chi connectivity index (χ0) is 26.6. The number of benzene rings is 1. The fourth-order valence-corrected chi connectivity index (χ4v) is 7.73. The molecule has 2 fully saturated rings. The first-order valence-corrected chi connectivity index (χ1v) is 15.0. The molecule has 7 nitrogen and oxygen atoms in total. The molecular formula is C28H38N2O5S2. The Kier molecular flexibility index (Phi) is 8.89.